The Morgan fingerprint density at radius 1 is 1.14 bits per heavy atom. The van der Waals surface area contributed by atoms with Crippen LogP contribution in [0.25, 0.3) is 22.8 Å². The van der Waals surface area contributed by atoms with Crippen molar-refractivity contribution < 1.29 is 9.13 Å². The maximum Gasteiger partial charge on any atom is 0.251 e. The van der Waals surface area contributed by atoms with Crippen LogP contribution in [0.4, 0.5) is 4.39 Å². The van der Waals surface area contributed by atoms with Gasteiger partial charge < -0.3 is 4.74 Å². The van der Waals surface area contributed by atoms with E-state index in [1.807, 2.05) is 0 Å². The van der Waals surface area contributed by atoms with E-state index in [4.69, 9.17) is 16.3 Å². The van der Waals surface area contributed by atoms with Crippen LogP contribution >= 0.6 is 11.6 Å². The minimum absolute atomic E-state index is 0.0359. The summed E-state index contributed by atoms with van der Waals surface area (Å²) >= 11 is 6.09. The van der Waals surface area contributed by atoms with Gasteiger partial charge in [-0.1, -0.05) is 23.7 Å². The molecule has 0 aliphatic heterocycles. The van der Waals surface area contributed by atoms with Gasteiger partial charge in [-0.05, 0) is 48.9 Å². The molecule has 0 bridgehead atoms. The highest BCUT2D eigenvalue weighted by atomic mass is 35.5. The van der Waals surface area contributed by atoms with Gasteiger partial charge in [-0.3, -0.25) is 4.79 Å². The third-order valence-corrected chi connectivity index (χ3v) is 4.63. The van der Waals surface area contributed by atoms with Crippen LogP contribution in [-0.4, -0.2) is 26.7 Å². The summed E-state index contributed by atoms with van der Waals surface area (Å²) in [6.07, 6.45) is 2.91. The van der Waals surface area contributed by atoms with E-state index in [0.717, 1.165) is 5.56 Å². The van der Waals surface area contributed by atoms with Gasteiger partial charge in [-0.25, -0.2) is 13.8 Å². The maximum absolute atomic E-state index is 14.5. The Hall–Kier alpha value is -3.45. The van der Waals surface area contributed by atoms with Crippen molar-refractivity contribution in [3.8, 4) is 28.5 Å². The number of hydrogen-bond donors (Lipinski definition) is 0. The predicted octanol–water partition coefficient (Wildman–Crippen LogP) is 4.19. The molecule has 0 aliphatic carbocycles. The Kier molecular flexibility index (Phi) is 4.90. The zero-order valence-electron chi connectivity index (χ0n) is 15.6. The van der Waals surface area contributed by atoms with Gasteiger partial charge in [-0.15, -0.1) is 0 Å². The summed E-state index contributed by atoms with van der Waals surface area (Å²) in [5, 5.41) is 9.20. The number of rotatable bonds is 4. The van der Waals surface area contributed by atoms with E-state index >= 15 is 0 Å². The minimum Gasteiger partial charge on any atom is -0.491 e. The molecule has 0 atom stereocenters. The van der Waals surface area contributed by atoms with Gasteiger partial charge in [0.05, 0.1) is 30.9 Å². The topological polar surface area (TPSA) is 61.9 Å². The van der Waals surface area contributed by atoms with E-state index in [1.54, 1.807) is 60.3 Å². The Labute approximate surface area is 170 Å². The summed E-state index contributed by atoms with van der Waals surface area (Å²) in [5.74, 6) is -0.425. The monoisotopic (exact) mass is 410 g/mol. The van der Waals surface area contributed by atoms with E-state index in [2.05, 4.69) is 10.2 Å². The lowest BCUT2D eigenvalue weighted by Gasteiger charge is -2.13. The zero-order chi connectivity index (χ0) is 20.5. The van der Waals surface area contributed by atoms with Gasteiger partial charge >= 0.3 is 0 Å². The molecule has 0 radical (unpaired) electrons. The summed E-state index contributed by atoms with van der Waals surface area (Å²) in [7, 11) is 1.38. The Morgan fingerprint density at radius 3 is 2.69 bits per heavy atom. The van der Waals surface area contributed by atoms with Crippen LogP contribution in [0.3, 0.4) is 0 Å². The van der Waals surface area contributed by atoms with Crippen LogP contribution < -0.4 is 10.2 Å². The van der Waals surface area contributed by atoms with Crippen molar-refractivity contribution in [2.75, 3.05) is 7.11 Å². The van der Waals surface area contributed by atoms with E-state index in [1.165, 1.54) is 24.1 Å². The molecule has 0 saturated heterocycles. The lowest BCUT2D eigenvalue weighted by molar-refractivity contribution is 0.405. The van der Waals surface area contributed by atoms with Crippen molar-refractivity contribution in [2.45, 2.75) is 6.92 Å². The molecule has 2 aromatic heterocycles. The fourth-order valence-electron chi connectivity index (χ4n) is 3.00. The molecule has 0 aliphatic rings. The molecule has 146 valence electrons. The van der Waals surface area contributed by atoms with Crippen LogP contribution in [0.15, 0.2) is 65.7 Å². The normalized spacial score (nSPS) is 10.9. The molecule has 4 rings (SSSR count). The lowest BCUT2D eigenvalue weighted by Crippen LogP contribution is -2.18. The van der Waals surface area contributed by atoms with Crippen LogP contribution in [0.2, 0.25) is 5.02 Å². The number of nitrogens with zero attached hydrogens (tertiary/aromatic N) is 4. The van der Waals surface area contributed by atoms with Gasteiger partial charge in [-0.2, -0.15) is 10.2 Å². The summed E-state index contributed by atoms with van der Waals surface area (Å²) < 4.78 is 22.6. The molecular formula is C21H16ClFN4O2. The fourth-order valence-corrected chi connectivity index (χ4v) is 3.18. The van der Waals surface area contributed by atoms with Crippen molar-refractivity contribution in [3.05, 3.63) is 87.6 Å². The first-order valence-corrected chi connectivity index (χ1v) is 9.10. The van der Waals surface area contributed by atoms with Crippen LogP contribution in [0.1, 0.15) is 5.56 Å². The number of ether oxygens (including phenoxy) is 1. The molecule has 0 spiro atoms. The van der Waals surface area contributed by atoms with Crippen molar-refractivity contribution >= 4 is 11.6 Å². The molecule has 8 heteroatoms. The van der Waals surface area contributed by atoms with E-state index < -0.39 is 11.2 Å². The summed E-state index contributed by atoms with van der Waals surface area (Å²) in [6.45, 7) is 1.79. The van der Waals surface area contributed by atoms with Crippen LogP contribution in [0, 0.1) is 12.7 Å². The highest BCUT2D eigenvalue weighted by Gasteiger charge is 2.18. The maximum atomic E-state index is 14.5. The van der Waals surface area contributed by atoms with Crippen molar-refractivity contribution in [1.29, 1.82) is 0 Å². The first-order chi connectivity index (χ1) is 14.0. The molecule has 29 heavy (non-hydrogen) atoms. The molecule has 2 heterocycles. The standard InChI is InChI=1S/C21H16ClFN4O2/c1-13-6-7-17(16(23)10-13)26-12-19(29-2)21(28)20(25-26)18-8-9-24-27(18)15-5-3-4-14(22)11-15/h3-12H,1-2H3. The van der Waals surface area contributed by atoms with Gasteiger partial charge in [0.25, 0.3) is 5.43 Å². The summed E-state index contributed by atoms with van der Waals surface area (Å²) in [4.78, 5) is 12.9. The molecule has 2 aromatic carbocycles. The number of methoxy groups -OCH3 is 1. The van der Waals surface area contributed by atoms with Crippen molar-refractivity contribution in [3.63, 3.8) is 0 Å². The largest absolute Gasteiger partial charge is 0.491 e. The highest BCUT2D eigenvalue weighted by Crippen LogP contribution is 2.23. The van der Waals surface area contributed by atoms with E-state index in [0.29, 0.717) is 16.4 Å². The molecule has 0 N–H and O–H groups in total. The predicted molar refractivity (Wildman–Crippen MR) is 109 cm³/mol. The Balaban J connectivity index is 1.94. The Bertz CT molecular complexity index is 1270. The second-order valence-electron chi connectivity index (χ2n) is 6.38. The van der Waals surface area contributed by atoms with Crippen LogP contribution in [-0.2, 0) is 0 Å². The zero-order valence-corrected chi connectivity index (χ0v) is 16.4. The third-order valence-electron chi connectivity index (χ3n) is 4.39. The quantitative estimate of drug-likeness (QED) is 0.506. The Morgan fingerprint density at radius 2 is 1.97 bits per heavy atom. The molecular weight excluding hydrogens is 395 g/mol. The molecule has 4 aromatic rings. The average molecular weight is 411 g/mol. The second-order valence-corrected chi connectivity index (χ2v) is 6.82. The van der Waals surface area contributed by atoms with Gasteiger partial charge in [0.2, 0.25) is 0 Å². The van der Waals surface area contributed by atoms with Gasteiger partial charge in [0.1, 0.15) is 11.5 Å². The number of benzene rings is 2. The lowest BCUT2D eigenvalue weighted by atomic mass is 10.2. The molecule has 6 nitrogen and oxygen atoms in total. The molecule has 0 saturated carbocycles. The summed E-state index contributed by atoms with van der Waals surface area (Å²) in [5.41, 5.74) is 1.70. The molecule has 0 fully saturated rings. The van der Waals surface area contributed by atoms with Gasteiger partial charge in [0.15, 0.2) is 11.4 Å². The highest BCUT2D eigenvalue weighted by molar-refractivity contribution is 6.30. The first-order valence-electron chi connectivity index (χ1n) is 8.73. The first kappa shape index (κ1) is 18.9. The van der Waals surface area contributed by atoms with Crippen molar-refractivity contribution in [1.82, 2.24) is 19.6 Å². The third kappa shape index (κ3) is 3.52. The van der Waals surface area contributed by atoms with E-state index in [9.17, 15) is 9.18 Å². The number of aromatic nitrogens is 4. The molecule has 0 unspecified atom stereocenters. The van der Waals surface area contributed by atoms with E-state index in [-0.39, 0.29) is 17.1 Å². The van der Waals surface area contributed by atoms with Gasteiger partial charge in [0, 0.05) is 5.02 Å². The minimum atomic E-state index is -0.461. The summed E-state index contributed by atoms with van der Waals surface area (Å²) in [6, 6.07) is 13.5. The van der Waals surface area contributed by atoms with Crippen molar-refractivity contribution in [2.24, 2.45) is 0 Å². The number of halogens is 2. The molecule has 0 amide bonds. The number of hydrogen-bond acceptors (Lipinski definition) is 4. The average Bonchev–Trinajstić information content (AvgIpc) is 3.18. The second kappa shape index (κ2) is 7.52. The smallest absolute Gasteiger partial charge is 0.251 e. The SMILES string of the molecule is COc1cn(-c2ccc(C)cc2F)nc(-c2ccnn2-c2cccc(Cl)c2)c1=O. The van der Waals surface area contributed by atoms with Crippen LogP contribution in [0.5, 0.6) is 5.75 Å². The number of aryl methyl sites for hydroxylation is 1. The fraction of sp³-hybridized carbons (Fsp3) is 0.0952.